The van der Waals surface area contributed by atoms with Crippen molar-refractivity contribution in [3.8, 4) is 0 Å². The van der Waals surface area contributed by atoms with Gasteiger partial charge in [0.2, 0.25) is 5.91 Å². The van der Waals surface area contributed by atoms with E-state index < -0.39 is 0 Å². The molecule has 6 nitrogen and oxygen atoms in total. The molecule has 1 atom stereocenters. The van der Waals surface area contributed by atoms with Gasteiger partial charge in [0, 0.05) is 36.9 Å². The number of hydrogen-bond donors (Lipinski definition) is 1. The lowest BCUT2D eigenvalue weighted by molar-refractivity contribution is -0.143. The minimum atomic E-state index is -0.287. The first kappa shape index (κ1) is 17.6. The maximum absolute atomic E-state index is 12.4. The molecule has 0 spiro atoms. The Kier molecular flexibility index (Phi) is 5.48. The summed E-state index contributed by atoms with van der Waals surface area (Å²) in [6, 6.07) is 6.90. The van der Waals surface area contributed by atoms with Gasteiger partial charge in [0.25, 0.3) is 5.91 Å². The van der Waals surface area contributed by atoms with Crippen LogP contribution in [0.15, 0.2) is 24.3 Å². The first-order valence-electron chi connectivity index (χ1n) is 8.87. The van der Waals surface area contributed by atoms with E-state index in [2.05, 4.69) is 5.32 Å². The number of benzene rings is 1. The van der Waals surface area contributed by atoms with Gasteiger partial charge in [-0.3, -0.25) is 14.4 Å². The van der Waals surface area contributed by atoms with Crippen LogP contribution < -0.4 is 5.32 Å². The van der Waals surface area contributed by atoms with Crippen molar-refractivity contribution in [1.82, 2.24) is 4.90 Å². The second-order valence-electron chi connectivity index (χ2n) is 6.72. The van der Waals surface area contributed by atoms with E-state index in [4.69, 9.17) is 4.74 Å². The third-order valence-electron chi connectivity index (χ3n) is 4.94. The molecule has 2 aliphatic heterocycles. The van der Waals surface area contributed by atoms with Crippen molar-refractivity contribution in [2.24, 2.45) is 5.92 Å². The molecular formula is C19H24N2O4. The molecule has 2 heterocycles. The number of likely N-dealkylation sites (tertiary alicyclic amines) is 1. The Morgan fingerprint density at radius 1 is 1.08 bits per heavy atom. The highest BCUT2D eigenvalue weighted by Gasteiger charge is 2.32. The fraction of sp³-hybridized carbons (Fsp3) is 0.526. The number of hydrogen-bond acceptors (Lipinski definition) is 4. The second kappa shape index (κ2) is 7.78. The molecule has 6 heteroatoms. The van der Waals surface area contributed by atoms with Gasteiger partial charge < -0.3 is 15.0 Å². The minimum Gasteiger partial charge on any atom is -0.368 e. The smallest absolute Gasteiger partial charge is 0.251 e. The van der Waals surface area contributed by atoms with Gasteiger partial charge in [-0.05, 0) is 56.9 Å². The van der Waals surface area contributed by atoms with Crippen molar-refractivity contribution >= 4 is 23.3 Å². The zero-order valence-electron chi connectivity index (χ0n) is 14.5. The molecule has 2 saturated heterocycles. The lowest BCUT2D eigenvalue weighted by Crippen LogP contribution is -2.45. The summed E-state index contributed by atoms with van der Waals surface area (Å²) in [5.41, 5.74) is 1.31. The van der Waals surface area contributed by atoms with Crippen molar-refractivity contribution in [3.05, 3.63) is 29.8 Å². The molecule has 0 saturated carbocycles. The van der Waals surface area contributed by atoms with Crippen LogP contribution in [0.5, 0.6) is 0 Å². The van der Waals surface area contributed by atoms with Crippen molar-refractivity contribution in [3.63, 3.8) is 0 Å². The molecule has 1 N–H and O–H groups in total. The van der Waals surface area contributed by atoms with E-state index in [1.807, 2.05) is 4.90 Å². The Labute approximate surface area is 147 Å². The summed E-state index contributed by atoms with van der Waals surface area (Å²) >= 11 is 0. The third kappa shape index (κ3) is 4.25. The van der Waals surface area contributed by atoms with E-state index in [9.17, 15) is 14.4 Å². The highest BCUT2D eigenvalue weighted by Crippen LogP contribution is 2.22. The van der Waals surface area contributed by atoms with Crippen molar-refractivity contribution < 1.29 is 19.1 Å². The van der Waals surface area contributed by atoms with Crippen LogP contribution in [0.25, 0.3) is 0 Å². The van der Waals surface area contributed by atoms with Crippen molar-refractivity contribution in [2.45, 2.75) is 38.7 Å². The van der Waals surface area contributed by atoms with Gasteiger partial charge in [0.1, 0.15) is 6.10 Å². The van der Waals surface area contributed by atoms with Gasteiger partial charge in [-0.1, -0.05) is 0 Å². The van der Waals surface area contributed by atoms with Crippen LogP contribution in [0.4, 0.5) is 5.69 Å². The van der Waals surface area contributed by atoms with Crippen molar-refractivity contribution in [1.29, 1.82) is 0 Å². The number of amides is 2. The molecule has 0 aromatic heterocycles. The largest absolute Gasteiger partial charge is 0.368 e. The van der Waals surface area contributed by atoms with E-state index in [-0.39, 0.29) is 29.6 Å². The predicted molar refractivity (Wildman–Crippen MR) is 93.4 cm³/mol. The minimum absolute atomic E-state index is 0.00107. The van der Waals surface area contributed by atoms with Crippen LogP contribution in [-0.2, 0) is 14.3 Å². The van der Waals surface area contributed by atoms with E-state index in [0.29, 0.717) is 43.8 Å². The average Bonchev–Trinajstić information content (AvgIpc) is 3.16. The summed E-state index contributed by atoms with van der Waals surface area (Å²) in [4.78, 5) is 37.8. The van der Waals surface area contributed by atoms with E-state index in [1.165, 1.54) is 6.92 Å². The van der Waals surface area contributed by atoms with Gasteiger partial charge in [-0.15, -0.1) is 0 Å². The number of Topliss-reactive ketones (excluding diaryl/α,β-unsaturated/α-hetero) is 1. The number of nitrogens with zero attached hydrogens (tertiary/aromatic N) is 1. The van der Waals surface area contributed by atoms with Crippen LogP contribution in [0.2, 0.25) is 0 Å². The molecule has 2 aliphatic rings. The Balaban J connectivity index is 1.49. The number of ketones is 1. The molecule has 2 amide bonds. The summed E-state index contributed by atoms with van der Waals surface area (Å²) in [6.45, 7) is 3.37. The van der Waals surface area contributed by atoms with Gasteiger partial charge in [0.15, 0.2) is 5.78 Å². The molecule has 0 bridgehead atoms. The Hall–Kier alpha value is -2.21. The number of rotatable bonds is 4. The average molecular weight is 344 g/mol. The number of ether oxygens (including phenoxy) is 1. The lowest BCUT2D eigenvalue weighted by Gasteiger charge is -2.32. The maximum Gasteiger partial charge on any atom is 0.251 e. The molecule has 0 aliphatic carbocycles. The molecule has 25 heavy (non-hydrogen) atoms. The zero-order valence-corrected chi connectivity index (χ0v) is 14.5. The first-order valence-corrected chi connectivity index (χ1v) is 8.87. The van der Waals surface area contributed by atoms with Gasteiger partial charge >= 0.3 is 0 Å². The topological polar surface area (TPSA) is 75.7 Å². The standard InChI is InChI=1S/C19H24N2O4/c1-13(22)14-4-6-16(7-5-14)20-18(23)15-8-10-21(11-9-15)19(24)17-3-2-12-25-17/h4-7,15,17H,2-3,8-12H2,1H3,(H,20,23). The van der Waals surface area contributed by atoms with Crippen LogP contribution in [-0.4, -0.2) is 48.3 Å². The maximum atomic E-state index is 12.4. The highest BCUT2D eigenvalue weighted by atomic mass is 16.5. The second-order valence-corrected chi connectivity index (χ2v) is 6.72. The zero-order chi connectivity index (χ0) is 17.8. The van der Waals surface area contributed by atoms with Crippen LogP contribution >= 0.6 is 0 Å². The molecule has 1 aromatic carbocycles. The van der Waals surface area contributed by atoms with Crippen LogP contribution in [0.1, 0.15) is 43.0 Å². The SMILES string of the molecule is CC(=O)c1ccc(NC(=O)C2CCN(C(=O)C3CCCO3)CC2)cc1. The molecule has 2 fully saturated rings. The molecule has 0 radical (unpaired) electrons. The lowest BCUT2D eigenvalue weighted by atomic mass is 9.95. The molecular weight excluding hydrogens is 320 g/mol. The highest BCUT2D eigenvalue weighted by molar-refractivity contribution is 5.96. The van der Waals surface area contributed by atoms with Crippen LogP contribution in [0, 0.1) is 5.92 Å². The number of nitrogens with one attached hydrogen (secondary N) is 1. The van der Waals surface area contributed by atoms with E-state index in [1.54, 1.807) is 24.3 Å². The fourth-order valence-corrected chi connectivity index (χ4v) is 3.37. The number of piperidine rings is 1. The number of carbonyl (C=O) groups excluding carboxylic acids is 3. The number of anilines is 1. The summed E-state index contributed by atoms with van der Waals surface area (Å²) in [7, 11) is 0. The van der Waals surface area contributed by atoms with E-state index >= 15 is 0 Å². The first-order chi connectivity index (χ1) is 12.0. The van der Waals surface area contributed by atoms with Crippen LogP contribution in [0.3, 0.4) is 0 Å². The van der Waals surface area contributed by atoms with Gasteiger partial charge in [0.05, 0.1) is 0 Å². The molecule has 3 rings (SSSR count). The normalized spacial score (nSPS) is 21.2. The number of carbonyl (C=O) groups is 3. The molecule has 1 aromatic rings. The molecule has 134 valence electrons. The summed E-state index contributed by atoms with van der Waals surface area (Å²) in [5.74, 6) is -0.0573. The third-order valence-corrected chi connectivity index (χ3v) is 4.94. The summed E-state index contributed by atoms with van der Waals surface area (Å²) in [5, 5.41) is 2.90. The summed E-state index contributed by atoms with van der Waals surface area (Å²) < 4.78 is 5.45. The quantitative estimate of drug-likeness (QED) is 0.850. The molecule has 1 unspecified atom stereocenters. The Morgan fingerprint density at radius 3 is 2.32 bits per heavy atom. The monoisotopic (exact) mass is 344 g/mol. The van der Waals surface area contributed by atoms with Gasteiger partial charge in [-0.25, -0.2) is 0 Å². The predicted octanol–water partition coefficient (Wildman–Crippen LogP) is 2.25. The Morgan fingerprint density at radius 2 is 1.76 bits per heavy atom. The van der Waals surface area contributed by atoms with Gasteiger partial charge in [-0.2, -0.15) is 0 Å². The van der Waals surface area contributed by atoms with Crippen molar-refractivity contribution in [2.75, 3.05) is 25.0 Å². The summed E-state index contributed by atoms with van der Waals surface area (Å²) in [6.07, 6.45) is 2.78. The van der Waals surface area contributed by atoms with E-state index in [0.717, 1.165) is 12.8 Å². The fourth-order valence-electron chi connectivity index (χ4n) is 3.37. The Bertz CT molecular complexity index is 642.